The maximum Gasteiger partial charge on any atom is 0.408 e. The molecule has 3 aromatic rings. The SMILES string of the molecule is COc1ccc(Cl)cc1S(=O)(=O)N1CC(NC(=O)OCc2ccccc2)C(=O)N2C(Cc3ccc(Cl)cc3)C(=O)N(C(C)C)CC21. The normalized spacial score (nSPS) is 20.4. The van der Waals surface area contributed by atoms with E-state index in [2.05, 4.69) is 5.32 Å². The average Bonchev–Trinajstić information content (AvgIpc) is 3.03. The van der Waals surface area contributed by atoms with Crippen LogP contribution in [-0.4, -0.2) is 84.9 Å². The van der Waals surface area contributed by atoms with Crippen molar-refractivity contribution in [2.24, 2.45) is 0 Å². The minimum absolute atomic E-state index is 0.0462. The van der Waals surface area contributed by atoms with Gasteiger partial charge in [0.1, 0.15) is 35.5 Å². The minimum atomic E-state index is -4.43. The van der Waals surface area contributed by atoms with Gasteiger partial charge in [-0.25, -0.2) is 13.2 Å². The number of carbonyl (C=O) groups excluding carboxylic acids is 3. The molecule has 11 nitrogen and oxygen atoms in total. The van der Waals surface area contributed by atoms with Crippen LogP contribution in [0.15, 0.2) is 77.7 Å². The predicted molar refractivity (Wildman–Crippen MR) is 172 cm³/mol. The van der Waals surface area contributed by atoms with E-state index in [4.69, 9.17) is 32.7 Å². The molecule has 46 heavy (non-hydrogen) atoms. The summed E-state index contributed by atoms with van der Waals surface area (Å²) < 4.78 is 40.8. The smallest absolute Gasteiger partial charge is 0.408 e. The molecule has 2 aliphatic heterocycles. The average molecular weight is 690 g/mol. The third-order valence-electron chi connectivity index (χ3n) is 8.02. The van der Waals surface area contributed by atoms with Crippen molar-refractivity contribution in [3.63, 3.8) is 0 Å². The van der Waals surface area contributed by atoms with Crippen molar-refractivity contribution < 1.29 is 32.3 Å². The quantitative estimate of drug-likeness (QED) is 0.355. The lowest BCUT2D eigenvalue weighted by Crippen LogP contribution is -2.76. The van der Waals surface area contributed by atoms with Crippen LogP contribution >= 0.6 is 23.2 Å². The number of carbonyl (C=O) groups is 3. The Labute approximate surface area is 278 Å². The maximum absolute atomic E-state index is 14.5. The van der Waals surface area contributed by atoms with Gasteiger partial charge in [-0.15, -0.1) is 0 Å². The van der Waals surface area contributed by atoms with Crippen LogP contribution in [0.3, 0.4) is 0 Å². The second kappa shape index (κ2) is 13.9. The second-order valence-electron chi connectivity index (χ2n) is 11.3. The molecule has 3 aromatic carbocycles. The van der Waals surface area contributed by atoms with Crippen LogP contribution in [0.4, 0.5) is 4.79 Å². The van der Waals surface area contributed by atoms with Gasteiger partial charge in [0.25, 0.3) is 0 Å². The van der Waals surface area contributed by atoms with Crippen LogP contribution in [0, 0.1) is 0 Å². The molecule has 3 amide bonds. The lowest BCUT2D eigenvalue weighted by atomic mass is 9.96. The topological polar surface area (TPSA) is 126 Å². The Morgan fingerprint density at radius 2 is 1.61 bits per heavy atom. The van der Waals surface area contributed by atoms with Crippen molar-refractivity contribution in [2.75, 3.05) is 20.2 Å². The largest absolute Gasteiger partial charge is 0.495 e. The standard InChI is InChI=1S/C32H34Cl2N4O7S/c1-20(2)36-18-29-37(46(42,43)28-16-24(34)13-14-27(28)44-3)17-25(35-32(41)45-19-22-7-5-4-6-8-22)30(39)38(29)26(31(36)40)15-21-9-11-23(33)12-10-21/h4-14,16,20,25-26,29H,15,17-19H2,1-3H3,(H,35,41). The molecule has 3 atom stereocenters. The van der Waals surface area contributed by atoms with Crippen molar-refractivity contribution in [2.45, 2.75) is 56.1 Å². The summed E-state index contributed by atoms with van der Waals surface area (Å²) in [5, 5.41) is 3.21. The number of hydrogen-bond donors (Lipinski definition) is 1. The van der Waals surface area contributed by atoms with E-state index in [1.165, 1.54) is 30.2 Å². The van der Waals surface area contributed by atoms with Crippen molar-refractivity contribution >= 4 is 51.1 Å². The highest BCUT2D eigenvalue weighted by Gasteiger charge is 2.54. The number of nitrogens with one attached hydrogen (secondary N) is 1. The zero-order valence-corrected chi connectivity index (χ0v) is 27.8. The van der Waals surface area contributed by atoms with Gasteiger partial charge in [-0.1, -0.05) is 65.7 Å². The highest BCUT2D eigenvalue weighted by Crippen LogP contribution is 2.36. The van der Waals surface area contributed by atoms with Gasteiger partial charge in [0, 0.05) is 29.1 Å². The van der Waals surface area contributed by atoms with E-state index < -0.39 is 46.8 Å². The molecule has 2 saturated heterocycles. The van der Waals surface area contributed by atoms with Crippen LogP contribution in [0.5, 0.6) is 5.75 Å². The number of sulfonamides is 1. The first-order valence-corrected chi connectivity index (χ1v) is 16.8. The molecule has 244 valence electrons. The molecule has 5 rings (SSSR count). The Morgan fingerprint density at radius 1 is 0.935 bits per heavy atom. The fourth-order valence-electron chi connectivity index (χ4n) is 5.71. The number of hydrogen-bond acceptors (Lipinski definition) is 7. The van der Waals surface area contributed by atoms with Crippen LogP contribution in [-0.2, 0) is 37.4 Å². The molecule has 2 fully saturated rings. The zero-order chi connectivity index (χ0) is 33.2. The third-order valence-corrected chi connectivity index (χ3v) is 10.4. The fourth-order valence-corrected chi connectivity index (χ4v) is 7.84. The summed E-state index contributed by atoms with van der Waals surface area (Å²) in [6.45, 7) is 3.06. The molecule has 2 aliphatic rings. The number of nitrogens with zero attached hydrogens (tertiary/aromatic N) is 3. The molecule has 14 heteroatoms. The molecular formula is C32H34Cl2N4O7S. The Balaban J connectivity index is 1.56. The molecule has 0 saturated carbocycles. The first-order valence-electron chi connectivity index (χ1n) is 14.6. The summed E-state index contributed by atoms with van der Waals surface area (Å²) >= 11 is 12.3. The maximum atomic E-state index is 14.5. The van der Waals surface area contributed by atoms with Crippen molar-refractivity contribution in [1.82, 2.24) is 19.4 Å². The van der Waals surface area contributed by atoms with Gasteiger partial charge in [0.2, 0.25) is 21.8 Å². The van der Waals surface area contributed by atoms with Crippen LogP contribution in [0.1, 0.15) is 25.0 Å². The predicted octanol–water partition coefficient (Wildman–Crippen LogP) is 4.32. The highest BCUT2D eigenvalue weighted by molar-refractivity contribution is 7.89. The summed E-state index contributed by atoms with van der Waals surface area (Å²) in [5.74, 6) is -0.911. The monoisotopic (exact) mass is 688 g/mol. The van der Waals surface area contributed by atoms with E-state index >= 15 is 0 Å². The summed E-state index contributed by atoms with van der Waals surface area (Å²) in [5.41, 5.74) is 1.44. The van der Waals surface area contributed by atoms with Gasteiger partial charge in [-0.05, 0) is 55.3 Å². The van der Waals surface area contributed by atoms with E-state index in [9.17, 15) is 22.8 Å². The summed E-state index contributed by atoms with van der Waals surface area (Å²) in [6, 6.07) is 17.3. The molecule has 0 radical (unpaired) electrons. The molecule has 0 aromatic heterocycles. The van der Waals surface area contributed by atoms with E-state index in [-0.39, 0.29) is 47.2 Å². The van der Waals surface area contributed by atoms with Crippen LogP contribution in [0.25, 0.3) is 0 Å². The van der Waals surface area contributed by atoms with Crippen molar-refractivity contribution in [1.29, 1.82) is 0 Å². The molecule has 1 N–H and O–H groups in total. The third kappa shape index (κ3) is 6.95. The molecule has 2 heterocycles. The summed E-state index contributed by atoms with van der Waals surface area (Å²) in [4.78, 5) is 43.8. The molecular weight excluding hydrogens is 655 g/mol. The van der Waals surface area contributed by atoms with E-state index in [0.717, 1.165) is 9.87 Å². The first kappa shape index (κ1) is 33.5. The van der Waals surface area contributed by atoms with Crippen molar-refractivity contribution in [3.05, 3.63) is 94.0 Å². The van der Waals surface area contributed by atoms with Crippen molar-refractivity contribution in [3.8, 4) is 5.75 Å². The molecule has 0 aliphatic carbocycles. The van der Waals surface area contributed by atoms with Gasteiger partial charge >= 0.3 is 6.09 Å². The van der Waals surface area contributed by atoms with Gasteiger partial charge in [-0.2, -0.15) is 4.31 Å². The second-order valence-corrected chi connectivity index (χ2v) is 14.0. The molecule has 0 bridgehead atoms. The molecule has 3 unspecified atom stereocenters. The number of halogens is 2. The summed E-state index contributed by atoms with van der Waals surface area (Å²) in [6.07, 6.45) is -1.93. The fraction of sp³-hybridized carbons (Fsp3) is 0.344. The van der Waals surface area contributed by atoms with Gasteiger partial charge < -0.3 is 24.6 Å². The van der Waals surface area contributed by atoms with Gasteiger partial charge in [0.15, 0.2) is 0 Å². The lowest BCUT2D eigenvalue weighted by molar-refractivity contribution is -0.168. The highest BCUT2D eigenvalue weighted by atomic mass is 35.5. The number of benzene rings is 3. The van der Waals surface area contributed by atoms with Gasteiger partial charge in [0.05, 0.1) is 13.7 Å². The van der Waals surface area contributed by atoms with E-state index in [1.807, 2.05) is 19.9 Å². The number of amides is 3. The zero-order valence-electron chi connectivity index (χ0n) is 25.4. The van der Waals surface area contributed by atoms with Crippen LogP contribution < -0.4 is 10.1 Å². The van der Waals surface area contributed by atoms with Crippen LogP contribution in [0.2, 0.25) is 10.0 Å². The minimum Gasteiger partial charge on any atom is -0.495 e. The lowest BCUT2D eigenvalue weighted by Gasteiger charge is -2.54. The number of piperazine rings is 1. The number of methoxy groups -OCH3 is 1. The van der Waals surface area contributed by atoms with E-state index in [1.54, 1.807) is 53.4 Å². The van der Waals surface area contributed by atoms with E-state index in [0.29, 0.717) is 10.6 Å². The summed E-state index contributed by atoms with van der Waals surface area (Å²) in [7, 11) is -3.09. The molecule has 0 spiro atoms. The van der Waals surface area contributed by atoms with Gasteiger partial charge in [-0.3, -0.25) is 9.59 Å². The first-order chi connectivity index (χ1) is 21.9. The number of ether oxygens (including phenoxy) is 2. The number of rotatable bonds is 9. The Kier molecular flexibility index (Phi) is 10.1. The Bertz CT molecular complexity index is 1710. The number of fused-ring (bicyclic) bond motifs is 1. The Hall–Kier alpha value is -3.84. The number of alkyl carbamates (subject to hydrolysis) is 1. The Morgan fingerprint density at radius 3 is 2.26 bits per heavy atom.